The van der Waals surface area contributed by atoms with E-state index < -0.39 is 34.5 Å². The highest BCUT2D eigenvalue weighted by atomic mass is 35.5. The molecule has 1 aromatic rings. The van der Waals surface area contributed by atoms with Gasteiger partial charge in [0.25, 0.3) is 0 Å². The molecule has 0 spiro atoms. The SMILES string of the molecule is CC(C)(C)C(=O)c1cc(NSC(F)(F)F)c(Cl)cc1F. The molecule has 0 bridgehead atoms. The molecule has 0 unspecified atom stereocenters. The van der Waals surface area contributed by atoms with Gasteiger partial charge in [-0.3, -0.25) is 4.79 Å². The largest absolute Gasteiger partial charge is 0.461 e. The monoisotopic (exact) mass is 329 g/mol. The van der Waals surface area contributed by atoms with Crippen molar-refractivity contribution in [3.8, 4) is 0 Å². The lowest BCUT2D eigenvalue weighted by Gasteiger charge is -2.18. The predicted molar refractivity (Wildman–Crippen MR) is 72.5 cm³/mol. The highest BCUT2D eigenvalue weighted by Crippen LogP contribution is 2.35. The molecular formula is C12H12ClF4NOS. The summed E-state index contributed by atoms with van der Waals surface area (Å²) in [6, 6.07) is 1.81. The molecule has 0 fully saturated rings. The van der Waals surface area contributed by atoms with E-state index in [2.05, 4.69) is 0 Å². The number of alkyl halides is 3. The van der Waals surface area contributed by atoms with Gasteiger partial charge < -0.3 is 4.72 Å². The lowest BCUT2D eigenvalue weighted by atomic mass is 9.86. The molecule has 2 nitrogen and oxygen atoms in total. The fourth-order valence-corrected chi connectivity index (χ4v) is 1.97. The van der Waals surface area contributed by atoms with Crippen LogP contribution in [0.5, 0.6) is 0 Å². The zero-order valence-electron chi connectivity index (χ0n) is 10.9. The molecule has 20 heavy (non-hydrogen) atoms. The summed E-state index contributed by atoms with van der Waals surface area (Å²) in [6.07, 6.45) is 0. The second-order valence-corrected chi connectivity index (χ2v) is 6.32. The number of halogens is 5. The van der Waals surface area contributed by atoms with Gasteiger partial charge in [0.1, 0.15) is 5.82 Å². The number of carbonyl (C=O) groups excluding carboxylic acids is 1. The number of ketones is 1. The number of Topliss-reactive ketones (excluding diaryl/α,β-unsaturated/α-hetero) is 1. The Morgan fingerprint density at radius 1 is 1.25 bits per heavy atom. The Morgan fingerprint density at radius 3 is 2.25 bits per heavy atom. The summed E-state index contributed by atoms with van der Waals surface area (Å²) in [7, 11) is 0. The van der Waals surface area contributed by atoms with E-state index in [0.29, 0.717) is 0 Å². The number of carbonyl (C=O) groups is 1. The van der Waals surface area contributed by atoms with Crippen molar-refractivity contribution < 1.29 is 22.4 Å². The van der Waals surface area contributed by atoms with Crippen molar-refractivity contribution in [2.45, 2.75) is 26.3 Å². The normalized spacial score (nSPS) is 12.4. The van der Waals surface area contributed by atoms with Crippen LogP contribution in [0.2, 0.25) is 5.02 Å². The maximum absolute atomic E-state index is 13.7. The van der Waals surface area contributed by atoms with Crippen LogP contribution in [0.25, 0.3) is 0 Å². The molecule has 0 aromatic heterocycles. The van der Waals surface area contributed by atoms with Crippen molar-refractivity contribution in [3.05, 3.63) is 28.5 Å². The van der Waals surface area contributed by atoms with Gasteiger partial charge in [-0.15, -0.1) is 0 Å². The van der Waals surface area contributed by atoms with Crippen molar-refractivity contribution in [1.82, 2.24) is 0 Å². The Balaban J connectivity index is 3.13. The van der Waals surface area contributed by atoms with Crippen LogP contribution in [-0.2, 0) is 0 Å². The summed E-state index contributed by atoms with van der Waals surface area (Å²) in [6.45, 7) is 4.75. The standard InChI is InChI=1S/C12H12ClF4NOS/c1-11(2,3)10(19)6-4-9(7(13)5-8(6)14)18-20-12(15,16)17/h4-5,18H,1-3H3. The first-order valence-corrected chi connectivity index (χ1v) is 6.66. The minimum atomic E-state index is -4.52. The number of hydrogen-bond donors (Lipinski definition) is 1. The lowest BCUT2D eigenvalue weighted by Crippen LogP contribution is -2.21. The third-order valence-electron chi connectivity index (χ3n) is 2.26. The Bertz CT molecular complexity index is 525. The third-order valence-corrected chi connectivity index (χ3v) is 3.13. The molecule has 0 radical (unpaired) electrons. The maximum Gasteiger partial charge on any atom is 0.461 e. The first-order valence-electron chi connectivity index (χ1n) is 5.46. The molecule has 1 N–H and O–H groups in total. The van der Waals surface area contributed by atoms with Crippen LogP contribution in [-0.4, -0.2) is 11.3 Å². The summed E-state index contributed by atoms with van der Waals surface area (Å²) >= 11 is 5.12. The third kappa shape index (κ3) is 4.56. The minimum Gasteiger partial charge on any atom is -0.321 e. The van der Waals surface area contributed by atoms with E-state index in [1.165, 1.54) is 0 Å². The highest BCUT2D eigenvalue weighted by molar-refractivity contribution is 8.01. The number of anilines is 1. The average molecular weight is 330 g/mol. The van der Waals surface area contributed by atoms with Crippen molar-refractivity contribution in [2.24, 2.45) is 5.41 Å². The molecule has 0 aliphatic carbocycles. The molecular weight excluding hydrogens is 318 g/mol. The zero-order valence-corrected chi connectivity index (χ0v) is 12.4. The Labute approximate surface area is 123 Å². The topological polar surface area (TPSA) is 29.1 Å². The van der Waals surface area contributed by atoms with Crippen LogP contribution in [0.3, 0.4) is 0 Å². The van der Waals surface area contributed by atoms with Crippen LogP contribution in [0.15, 0.2) is 12.1 Å². The summed E-state index contributed by atoms with van der Waals surface area (Å²) in [5, 5.41) is -0.232. The van der Waals surface area contributed by atoms with E-state index in [4.69, 9.17) is 11.6 Å². The number of rotatable bonds is 3. The fraction of sp³-hybridized carbons (Fsp3) is 0.417. The van der Waals surface area contributed by atoms with Gasteiger partial charge in [0.2, 0.25) is 0 Å². The summed E-state index contributed by atoms with van der Waals surface area (Å²) in [4.78, 5) is 12.0. The Hall–Kier alpha value is -0.950. The van der Waals surface area contributed by atoms with E-state index in [-0.39, 0.29) is 16.3 Å². The van der Waals surface area contributed by atoms with E-state index in [1.54, 1.807) is 20.8 Å². The molecule has 0 heterocycles. The summed E-state index contributed by atoms with van der Waals surface area (Å²) in [5.74, 6) is -1.38. The van der Waals surface area contributed by atoms with Gasteiger partial charge in [-0.05, 0) is 12.1 Å². The second kappa shape index (κ2) is 5.81. The zero-order chi connectivity index (χ0) is 15.7. The Morgan fingerprint density at radius 2 is 1.80 bits per heavy atom. The van der Waals surface area contributed by atoms with Crippen LogP contribution in [0, 0.1) is 11.2 Å². The molecule has 1 rings (SSSR count). The molecule has 0 saturated heterocycles. The number of hydrogen-bond acceptors (Lipinski definition) is 3. The fourth-order valence-electron chi connectivity index (χ4n) is 1.32. The molecule has 0 aliphatic rings. The van der Waals surface area contributed by atoms with Gasteiger partial charge in [-0.1, -0.05) is 32.4 Å². The van der Waals surface area contributed by atoms with Gasteiger partial charge in [0.15, 0.2) is 5.78 Å². The second-order valence-electron chi connectivity index (χ2n) is 5.04. The van der Waals surface area contributed by atoms with Gasteiger partial charge >= 0.3 is 5.51 Å². The van der Waals surface area contributed by atoms with Crippen molar-refractivity contribution in [2.75, 3.05) is 4.72 Å². The van der Waals surface area contributed by atoms with E-state index >= 15 is 0 Å². The van der Waals surface area contributed by atoms with E-state index in [0.717, 1.165) is 12.1 Å². The summed E-state index contributed by atoms with van der Waals surface area (Å²) < 4.78 is 52.0. The van der Waals surface area contributed by atoms with Crippen molar-refractivity contribution in [1.29, 1.82) is 0 Å². The van der Waals surface area contributed by atoms with Gasteiger partial charge in [-0.25, -0.2) is 4.39 Å². The molecule has 8 heteroatoms. The van der Waals surface area contributed by atoms with Crippen molar-refractivity contribution in [3.63, 3.8) is 0 Å². The first-order chi connectivity index (χ1) is 8.92. The number of nitrogens with one attached hydrogen (secondary N) is 1. The van der Waals surface area contributed by atoms with Crippen LogP contribution >= 0.6 is 23.5 Å². The quantitative estimate of drug-likeness (QED) is 0.464. The highest BCUT2D eigenvalue weighted by Gasteiger charge is 2.30. The number of benzene rings is 1. The van der Waals surface area contributed by atoms with E-state index in [9.17, 15) is 22.4 Å². The maximum atomic E-state index is 13.7. The molecule has 0 atom stereocenters. The minimum absolute atomic E-state index is 0.164. The first kappa shape index (κ1) is 17.1. The smallest absolute Gasteiger partial charge is 0.321 e. The van der Waals surface area contributed by atoms with Crippen molar-refractivity contribution >= 4 is 35.0 Å². The molecule has 112 valence electrons. The van der Waals surface area contributed by atoms with Gasteiger partial charge in [0, 0.05) is 5.41 Å². The van der Waals surface area contributed by atoms with Crippen LogP contribution in [0.4, 0.5) is 23.2 Å². The van der Waals surface area contributed by atoms with Gasteiger partial charge in [0.05, 0.1) is 28.2 Å². The molecule has 0 saturated carbocycles. The molecule has 0 amide bonds. The van der Waals surface area contributed by atoms with Gasteiger partial charge in [-0.2, -0.15) is 13.2 Å². The molecule has 1 aromatic carbocycles. The van der Waals surface area contributed by atoms with E-state index in [1.807, 2.05) is 4.72 Å². The summed E-state index contributed by atoms with van der Waals surface area (Å²) in [5.41, 5.74) is -5.84. The molecule has 0 aliphatic heterocycles. The van der Waals surface area contributed by atoms with Crippen LogP contribution in [0.1, 0.15) is 31.1 Å². The Kier molecular flexibility index (Phi) is 4.97. The van der Waals surface area contributed by atoms with Crippen LogP contribution < -0.4 is 4.72 Å². The predicted octanol–water partition coefficient (Wildman–Crippen LogP) is 5.29. The average Bonchev–Trinajstić information content (AvgIpc) is 2.24. The lowest BCUT2D eigenvalue weighted by molar-refractivity contribution is -0.0323.